The van der Waals surface area contributed by atoms with E-state index in [9.17, 15) is 0 Å². The van der Waals surface area contributed by atoms with Gasteiger partial charge in [-0.2, -0.15) is 0 Å². The fourth-order valence-corrected chi connectivity index (χ4v) is 3.14. The Morgan fingerprint density at radius 1 is 1.29 bits per heavy atom. The molecule has 0 bridgehead atoms. The second-order valence-electron chi connectivity index (χ2n) is 4.11. The summed E-state index contributed by atoms with van der Waals surface area (Å²) in [6.07, 6.45) is 0.968. The lowest BCUT2D eigenvalue weighted by atomic mass is 9.93. The first-order chi connectivity index (χ1) is 8.08. The largest absolute Gasteiger partial charge is 0.385 e. The number of nitrogens with one attached hydrogen (secondary N) is 1. The fourth-order valence-electron chi connectivity index (χ4n) is 1.81. The van der Waals surface area contributed by atoms with Gasteiger partial charge >= 0.3 is 0 Å². The number of hydrazine groups is 1. The summed E-state index contributed by atoms with van der Waals surface area (Å²) in [5.74, 6) is 6.06. The maximum Gasteiger partial charge on any atom is 0.0487 e. The van der Waals surface area contributed by atoms with E-state index in [-0.39, 0.29) is 6.04 Å². The van der Waals surface area contributed by atoms with Gasteiger partial charge in [-0.25, -0.2) is 0 Å². The predicted octanol–water partition coefficient (Wildman–Crippen LogP) is 3.39. The Bertz CT molecular complexity index is 340. The van der Waals surface area contributed by atoms with Crippen molar-refractivity contribution >= 4 is 31.9 Å². The maximum atomic E-state index is 5.66. The van der Waals surface area contributed by atoms with Crippen LogP contribution in [0.3, 0.4) is 0 Å². The van der Waals surface area contributed by atoms with Crippen molar-refractivity contribution in [2.75, 3.05) is 13.7 Å². The molecular formula is C12H18Br2N2O. The highest BCUT2D eigenvalue weighted by atomic mass is 79.9. The van der Waals surface area contributed by atoms with E-state index in [0.29, 0.717) is 5.92 Å². The minimum Gasteiger partial charge on any atom is -0.385 e. The molecule has 0 radical (unpaired) electrons. The standard InChI is InChI=1S/C12H18Br2N2O/c1-8(3-4-17-2)12(16-15)9-5-10(13)7-11(14)6-9/h5-8,12,16H,3-4,15H2,1-2H3. The molecule has 1 aromatic rings. The zero-order chi connectivity index (χ0) is 12.8. The van der Waals surface area contributed by atoms with Crippen molar-refractivity contribution in [3.8, 4) is 0 Å². The fraction of sp³-hybridized carbons (Fsp3) is 0.500. The Balaban J connectivity index is 2.84. The Morgan fingerprint density at radius 3 is 2.35 bits per heavy atom. The second kappa shape index (κ2) is 7.48. The Hall–Kier alpha value is 0.0600. The van der Waals surface area contributed by atoms with Gasteiger partial charge in [-0.1, -0.05) is 38.8 Å². The molecule has 0 amide bonds. The Morgan fingerprint density at radius 2 is 1.88 bits per heavy atom. The molecule has 1 aromatic carbocycles. The van der Waals surface area contributed by atoms with Crippen LogP contribution in [0.25, 0.3) is 0 Å². The zero-order valence-corrected chi connectivity index (χ0v) is 13.2. The SMILES string of the molecule is COCCC(C)C(NN)c1cc(Br)cc(Br)c1. The summed E-state index contributed by atoms with van der Waals surface area (Å²) in [7, 11) is 1.72. The molecule has 0 fully saturated rings. The lowest BCUT2D eigenvalue weighted by Crippen LogP contribution is -2.33. The van der Waals surface area contributed by atoms with Gasteiger partial charge in [-0.3, -0.25) is 11.3 Å². The highest BCUT2D eigenvalue weighted by Gasteiger charge is 2.18. The third-order valence-electron chi connectivity index (χ3n) is 2.77. The van der Waals surface area contributed by atoms with Gasteiger partial charge in [0, 0.05) is 28.7 Å². The summed E-state index contributed by atoms with van der Waals surface area (Å²) < 4.78 is 7.19. The number of hydrogen-bond acceptors (Lipinski definition) is 3. The van der Waals surface area contributed by atoms with E-state index in [4.69, 9.17) is 10.6 Å². The van der Waals surface area contributed by atoms with E-state index < -0.39 is 0 Å². The second-order valence-corrected chi connectivity index (χ2v) is 5.94. The summed E-state index contributed by atoms with van der Waals surface area (Å²) in [6, 6.07) is 6.30. The van der Waals surface area contributed by atoms with Crippen LogP contribution in [0.15, 0.2) is 27.1 Å². The first-order valence-corrected chi connectivity index (χ1v) is 7.08. The van der Waals surface area contributed by atoms with Crippen LogP contribution in [0.5, 0.6) is 0 Å². The van der Waals surface area contributed by atoms with Crippen molar-refractivity contribution in [2.24, 2.45) is 11.8 Å². The van der Waals surface area contributed by atoms with E-state index in [2.05, 4.69) is 56.3 Å². The highest BCUT2D eigenvalue weighted by molar-refractivity contribution is 9.11. The number of ether oxygens (including phenoxy) is 1. The van der Waals surface area contributed by atoms with E-state index in [0.717, 1.165) is 27.5 Å². The van der Waals surface area contributed by atoms with Crippen molar-refractivity contribution in [1.29, 1.82) is 0 Å². The number of methoxy groups -OCH3 is 1. The average Bonchev–Trinajstić information content (AvgIpc) is 2.26. The van der Waals surface area contributed by atoms with Crippen molar-refractivity contribution < 1.29 is 4.74 Å². The smallest absolute Gasteiger partial charge is 0.0487 e. The third kappa shape index (κ3) is 4.67. The predicted molar refractivity (Wildman–Crippen MR) is 77.6 cm³/mol. The molecule has 17 heavy (non-hydrogen) atoms. The zero-order valence-electron chi connectivity index (χ0n) is 10.0. The van der Waals surface area contributed by atoms with Crippen LogP contribution in [-0.2, 0) is 4.74 Å². The monoisotopic (exact) mass is 364 g/mol. The molecule has 0 saturated carbocycles. The van der Waals surface area contributed by atoms with Gasteiger partial charge in [0.1, 0.15) is 0 Å². The lowest BCUT2D eigenvalue weighted by Gasteiger charge is -2.24. The van der Waals surface area contributed by atoms with Crippen LogP contribution < -0.4 is 11.3 Å². The minimum atomic E-state index is 0.124. The van der Waals surface area contributed by atoms with Gasteiger partial charge in [0.15, 0.2) is 0 Å². The van der Waals surface area contributed by atoms with E-state index in [1.54, 1.807) is 7.11 Å². The number of hydrogen-bond donors (Lipinski definition) is 2. The van der Waals surface area contributed by atoms with Gasteiger partial charge in [0.25, 0.3) is 0 Å². The number of nitrogens with two attached hydrogens (primary N) is 1. The van der Waals surface area contributed by atoms with Crippen LogP contribution in [0, 0.1) is 5.92 Å². The minimum absolute atomic E-state index is 0.124. The lowest BCUT2D eigenvalue weighted by molar-refractivity contribution is 0.170. The third-order valence-corrected chi connectivity index (χ3v) is 3.69. The molecule has 2 atom stereocenters. The number of halogens is 2. The summed E-state index contributed by atoms with van der Waals surface area (Å²) >= 11 is 6.98. The van der Waals surface area contributed by atoms with Crippen molar-refractivity contribution in [2.45, 2.75) is 19.4 Å². The van der Waals surface area contributed by atoms with E-state index >= 15 is 0 Å². The molecule has 0 aliphatic heterocycles. The van der Waals surface area contributed by atoms with Crippen molar-refractivity contribution in [3.63, 3.8) is 0 Å². The molecule has 3 nitrogen and oxygen atoms in total. The number of rotatable bonds is 6. The summed E-state index contributed by atoms with van der Waals surface area (Å²) in [6.45, 7) is 2.91. The summed E-state index contributed by atoms with van der Waals surface area (Å²) in [5.41, 5.74) is 4.05. The molecular weight excluding hydrogens is 348 g/mol. The van der Waals surface area contributed by atoms with E-state index in [1.165, 1.54) is 0 Å². The molecule has 0 aliphatic carbocycles. The molecule has 0 spiro atoms. The first kappa shape index (κ1) is 15.1. The Labute approximate surface area is 119 Å². The van der Waals surface area contributed by atoms with Crippen LogP contribution in [0.2, 0.25) is 0 Å². The van der Waals surface area contributed by atoms with Crippen LogP contribution >= 0.6 is 31.9 Å². The molecule has 3 N–H and O–H groups in total. The van der Waals surface area contributed by atoms with Crippen LogP contribution in [0.4, 0.5) is 0 Å². The average molecular weight is 366 g/mol. The van der Waals surface area contributed by atoms with Gasteiger partial charge in [0.2, 0.25) is 0 Å². The van der Waals surface area contributed by atoms with Gasteiger partial charge in [0.05, 0.1) is 0 Å². The molecule has 0 heterocycles. The van der Waals surface area contributed by atoms with Gasteiger partial charge < -0.3 is 4.74 Å². The molecule has 1 rings (SSSR count). The van der Waals surface area contributed by atoms with Gasteiger partial charge in [-0.05, 0) is 36.1 Å². The van der Waals surface area contributed by atoms with Crippen molar-refractivity contribution in [3.05, 3.63) is 32.7 Å². The van der Waals surface area contributed by atoms with Crippen LogP contribution in [-0.4, -0.2) is 13.7 Å². The quantitative estimate of drug-likeness (QED) is 0.600. The molecule has 0 saturated heterocycles. The molecule has 5 heteroatoms. The highest BCUT2D eigenvalue weighted by Crippen LogP contribution is 2.29. The van der Waals surface area contributed by atoms with Crippen molar-refractivity contribution in [1.82, 2.24) is 5.43 Å². The number of benzene rings is 1. The normalized spacial score (nSPS) is 14.6. The molecule has 96 valence electrons. The van der Waals surface area contributed by atoms with Gasteiger partial charge in [-0.15, -0.1) is 0 Å². The summed E-state index contributed by atoms with van der Waals surface area (Å²) in [4.78, 5) is 0. The topological polar surface area (TPSA) is 47.3 Å². The molecule has 0 aromatic heterocycles. The maximum absolute atomic E-state index is 5.66. The summed E-state index contributed by atoms with van der Waals surface area (Å²) in [5, 5.41) is 0. The first-order valence-electron chi connectivity index (χ1n) is 5.49. The van der Waals surface area contributed by atoms with Crippen LogP contribution in [0.1, 0.15) is 24.9 Å². The molecule has 2 unspecified atom stereocenters. The Kier molecular flexibility index (Phi) is 6.66. The molecule has 0 aliphatic rings. The van der Waals surface area contributed by atoms with E-state index in [1.807, 2.05) is 6.07 Å².